The summed E-state index contributed by atoms with van der Waals surface area (Å²) in [6.07, 6.45) is 2.85. The average Bonchev–Trinajstić information content (AvgIpc) is 2.78. The van der Waals surface area contributed by atoms with Gasteiger partial charge in [-0.25, -0.2) is 4.98 Å². The van der Waals surface area contributed by atoms with Gasteiger partial charge in [0.1, 0.15) is 0 Å². The molecule has 1 aromatic carbocycles. The molecule has 2 rings (SSSR count). The molecule has 1 heterocycles. The minimum atomic E-state index is 0.547. The highest BCUT2D eigenvalue weighted by molar-refractivity contribution is 5.57. The van der Waals surface area contributed by atoms with Crippen LogP contribution in [0.5, 0.6) is 0 Å². The summed E-state index contributed by atoms with van der Waals surface area (Å²) in [6.45, 7) is 4.45. The molecule has 0 fully saturated rings. The second-order valence-corrected chi connectivity index (χ2v) is 4.57. The molecule has 0 spiro atoms. The summed E-state index contributed by atoms with van der Waals surface area (Å²) in [5, 5.41) is 2.88. The molecular weight excluding hydrogens is 212 g/mol. The first-order valence-electron chi connectivity index (χ1n) is 5.92. The van der Waals surface area contributed by atoms with Crippen molar-refractivity contribution in [2.45, 2.75) is 20.3 Å². The van der Waals surface area contributed by atoms with Gasteiger partial charge in [-0.05, 0) is 17.9 Å². The Bertz CT molecular complexity index is 471. The summed E-state index contributed by atoms with van der Waals surface area (Å²) in [4.78, 5) is 4.10. The summed E-state index contributed by atoms with van der Waals surface area (Å²) < 4.78 is 5.52. The van der Waals surface area contributed by atoms with Crippen molar-refractivity contribution in [2.75, 3.05) is 12.4 Å². The van der Waals surface area contributed by atoms with E-state index in [2.05, 4.69) is 48.4 Å². The first-order valence-corrected chi connectivity index (χ1v) is 5.92. The van der Waals surface area contributed by atoms with Crippen molar-refractivity contribution in [3.05, 3.63) is 36.0 Å². The number of aromatic nitrogens is 1. The van der Waals surface area contributed by atoms with Gasteiger partial charge in [-0.1, -0.05) is 38.1 Å². The fourth-order valence-corrected chi connectivity index (χ4v) is 1.80. The van der Waals surface area contributed by atoms with Gasteiger partial charge in [-0.15, -0.1) is 0 Å². The third kappa shape index (κ3) is 2.87. The van der Waals surface area contributed by atoms with Gasteiger partial charge in [0.25, 0.3) is 6.01 Å². The molecule has 1 N–H and O–H groups in total. The Morgan fingerprint density at radius 2 is 1.94 bits per heavy atom. The number of rotatable bonds is 4. The summed E-state index contributed by atoms with van der Waals surface area (Å²) in [5.41, 5.74) is 2.42. The SMILES string of the molecule is CNc1ncc(-c2ccc(CC(C)C)cc2)o1. The minimum Gasteiger partial charge on any atom is -0.424 e. The summed E-state index contributed by atoms with van der Waals surface area (Å²) >= 11 is 0. The van der Waals surface area contributed by atoms with E-state index in [4.69, 9.17) is 4.42 Å². The van der Waals surface area contributed by atoms with Crippen LogP contribution in [-0.4, -0.2) is 12.0 Å². The van der Waals surface area contributed by atoms with Crippen LogP contribution in [0.25, 0.3) is 11.3 Å². The molecule has 0 unspecified atom stereocenters. The van der Waals surface area contributed by atoms with E-state index in [1.165, 1.54) is 5.56 Å². The highest BCUT2D eigenvalue weighted by atomic mass is 16.4. The number of anilines is 1. The number of hydrogen-bond donors (Lipinski definition) is 1. The molecular formula is C14H18N2O. The van der Waals surface area contributed by atoms with Crippen molar-refractivity contribution in [1.29, 1.82) is 0 Å². The molecule has 0 bridgehead atoms. The van der Waals surface area contributed by atoms with E-state index in [0.29, 0.717) is 11.9 Å². The molecule has 3 heteroatoms. The second kappa shape index (κ2) is 5.04. The Balaban J connectivity index is 2.17. The van der Waals surface area contributed by atoms with Gasteiger partial charge in [-0.3, -0.25) is 0 Å². The van der Waals surface area contributed by atoms with E-state index >= 15 is 0 Å². The molecule has 17 heavy (non-hydrogen) atoms. The zero-order valence-electron chi connectivity index (χ0n) is 10.5. The van der Waals surface area contributed by atoms with E-state index in [0.717, 1.165) is 17.7 Å². The number of hydrogen-bond acceptors (Lipinski definition) is 3. The molecule has 0 atom stereocenters. The molecule has 0 amide bonds. The molecule has 0 aliphatic carbocycles. The largest absolute Gasteiger partial charge is 0.424 e. The molecule has 1 aromatic heterocycles. The van der Waals surface area contributed by atoms with E-state index in [1.54, 1.807) is 13.2 Å². The predicted octanol–water partition coefficient (Wildman–Crippen LogP) is 3.58. The van der Waals surface area contributed by atoms with Crippen LogP contribution in [0, 0.1) is 5.92 Å². The Labute approximate surface area is 102 Å². The Kier molecular flexibility index (Phi) is 3.47. The van der Waals surface area contributed by atoms with Crippen molar-refractivity contribution in [1.82, 2.24) is 4.98 Å². The Morgan fingerprint density at radius 1 is 1.24 bits per heavy atom. The molecule has 2 aromatic rings. The van der Waals surface area contributed by atoms with Crippen LogP contribution >= 0.6 is 0 Å². The smallest absolute Gasteiger partial charge is 0.294 e. The van der Waals surface area contributed by atoms with Crippen molar-refractivity contribution in [3.63, 3.8) is 0 Å². The average molecular weight is 230 g/mol. The van der Waals surface area contributed by atoms with Crippen LogP contribution in [-0.2, 0) is 6.42 Å². The van der Waals surface area contributed by atoms with E-state index in [9.17, 15) is 0 Å². The lowest BCUT2D eigenvalue weighted by atomic mass is 10.0. The van der Waals surface area contributed by atoms with Crippen LogP contribution in [0.4, 0.5) is 6.01 Å². The minimum absolute atomic E-state index is 0.547. The fraction of sp³-hybridized carbons (Fsp3) is 0.357. The predicted molar refractivity (Wildman–Crippen MR) is 70.0 cm³/mol. The van der Waals surface area contributed by atoms with Crippen LogP contribution in [0.15, 0.2) is 34.9 Å². The number of benzene rings is 1. The zero-order chi connectivity index (χ0) is 12.3. The number of nitrogens with one attached hydrogen (secondary N) is 1. The topological polar surface area (TPSA) is 38.1 Å². The van der Waals surface area contributed by atoms with Crippen molar-refractivity contribution < 1.29 is 4.42 Å². The number of nitrogens with zero attached hydrogens (tertiary/aromatic N) is 1. The van der Waals surface area contributed by atoms with Gasteiger partial charge in [0.2, 0.25) is 0 Å². The fourth-order valence-electron chi connectivity index (χ4n) is 1.80. The maximum Gasteiger partial charge on any atom is 0.294 e. The van der Waals surface area contributed by atoms with Crippen molar-refractivity contribution in [3.8, 4) is 11.3 Å². The van der Waals surface area contributed by atoms with Crippen LogP contribution < -0.4 is 5.32 Å². The molecule has 0 saturated carbocycles. The van der Waals surface area contributed by atoms with E-state index in [1.807, 2.05) is 0 Å². The lowest BCUT2D eigenvalue weighted by Gasteiger charge is -2.05. The second-order valence-electron chi connectivity index (χ2n) is 4.57. The molecule has 0 aliphatic rings. The van der Waals surface area contributed by atoms with Gasteiger partial charge in [-0.2, -0.15) is 0 Å². The van der Waals surface area contributed by atoms with Gasteiger partial charge in [0.15, 0.2) is 5.76 Å². The highest BCUT2D eigenvalue weighted by Gasteiger charge is 2.05. The monoisotopic (exact) mass is 230 g/mol. The zero-order valence-corrected chi connectivity index (χ0v) is 10.5. The first kappa shape index (κ1) is 11.7. The molecule has 90 valence electrons. The lowest BCUT2D eigenvalue weighted by molar-refractivity contribution is 0.589. The Morgan fingerprint density at radius 3 is 2.47 bits per heavy atom. The lowest BCUT2D eigenvalue weighted by Crippen LogP contribution is -1.93. The summed E-state index contributed by atoms with van der Waals surface area (Å²) in [5.74, 6) is 1.48. The maximum atomic E-state index is 5.52. The normalized spacial score (nSPS) is 10.8. The maximum absolute atomic E-state index is 5.52. The molecule has 0 saturated heterocycles. The van der Waals surface area contributed by atoms with Crippen molar-refractivity contribution in [2.24, 2.45) is 5.92 Å². The van der Waals surface area contributed by atoms with Crippen molar-refractivity contribution >= 4 is 6.01 Å². The van der Waals surface area contributed by atoms with E-state index in [-0.39, 0.29) is 0 Å². The molecule has 3 nitrogen and oxygen atoms in total. The van der Waals surface area contributed by atoms with Crippen LogP contribution in [0.1, 0.15) is 19.4 Å². The summed E-state index contributed by atoms with van der Waals surface area (Å²) in [7, 11) is 1.79. The third-order valence-corrected chi connectivity index (χ3v) is 2.60. The summed E-state index contributed by atoms with van der Waals surface area (Å²) in [6, 6.07) is 9.01. The third-order valence-electron chi connectivity index (χ3n) is 2.60. The quantitative estimate of drug-likeness (QED) is 0.872. The molecule has 0 radical (unpaired) electrons. The van der Waals surface area contributed by atoms with Gasteiger partial charge in [0, 0.05) is 12.6 Å². The first-order chi connectivity index (χ1) is 8.19. The molecule has 0 aliphatic heterocycles. The van der Waals surface area contributed by atoms with Crippen LogP contribution in [0.2, 0.25) is 0 Å². The van der Waals surface area contributed by atoms with Gasteiger partial charge in [0.05, 0.1) is 6.20 Å². The Hall–Kier alpha value is -1.77. The highest BCUT2D eigenvalue weighted by Crippen LogP contribution is 2.23. The van der Waals surface area contributed by atoms with Gasteiger partial charge >= 0.3 is 0 Å². The standard InChI is InChI=1S/C14H18N2O/c1-10(2)8-11-4-6-12(7-5-11)13-9-16-14(15-3)17-13/h4-7,9-10H,8H2,1-3H3,(H,15,16). The number of oxazole rings is 1. The van der Waals surface area contributed by atoms with Crippen LogP contribution in [0.3, 0.4) is 0 Å². The van der Waals surface area contributed by atoms with Gasteiger partial charge < -0.3 is 9.73 Å². The van der Waals surface area contributed by atoms with E-state index < -0.39 is 0 Å².